The number of unbranched alkanes of at least 4 members (excludes halogenated alkanes) is 1. The molecule has 2 heterocycles. The van der Waals surface area contributed by atoms with Gasteiger partial charge in [0.25, 0.3) is 0 Å². The van der Waals surface area contributed by atoms with Gasteiger partial charge in [-0.25, -0.2) is 4.39 Å². The molecular weight excluding hydrogens is 449 g/mol. The molecule has 33 heavy (non-hydrogen) atoms. The Morgan fingerprint density at radius 1 is 1.18 bits per heavy atom. The van der Waals surface area contributed by atoms with Crippen molar-refractivity contribution in [2.45, 2.75) is 44.2 Å². The lowest BCUT2D eigenvalue weighted by molar-refractivity contribution is -0.130. The van der Waals surface area contributed by atoms with Crippen molar-refractivity contribution in [1.29, 1.82) is 0 Å². The van der Waals surface area contributed by atoms with E-state index in [1.165, 1.54) is 18.2 Å². The maximum atomic E-state index is 13.6. The van der Waals surface area contributed by atoms with Crippen molar-refractivity contribution in [3.05, 3.63) is 40.7 Å². The predicted octanol–water partition coefficient (Wildman–Crippen LogP) is 2.15. The highest BCUT2D eigenvalue weighted by molar-refractivity contribution is 6.30. The van der Waals surface area contributed by atoms with Gasteiger partial charge in [0, 0.05) is 51.3 Å². The predicted molar refractivity (Wildman–Crippen MR) is 125 cm³/mol. The van der Waals surface area contributed by atoms with Gasteiger partial charge in [-0.05, 0) is 56.0 Å². The van der Waals surface area contributed by atoms with E-state index in [1.54, 1.807) is 21.9 Å². The van der Waals surface area contributed by atoms with E-state index in [0.717, 1.165) is 32.2 Å². The lowest BCUT2D eigenvalue weighted by Gasteiger charge is -2.37. The van der Waals surface area contributed by atoms with Crippen molar-refractivity contribution in [2.24, 2.45) is 0 Å². The number of carbonyl (C=O) groups is 2. The quantitative estimate of drug-likeness (QED) is 0.439. The topological polar surface area (TPSA) is 84.3 Å². The minimum absolute atomic E-state index is 0.0336. The summed E-state index contributed by atoms with van der Waals surface area (Å²) in [6, 6.07) is 4.45. The molecule has 0 spiro atoms. The first kappa shape index (κ1) is 25.6. The Bertz CT molecular complexity index is 853. The van der Waals surface area contributed by atoms with E-state index in [4.69, 9.17) is 11.6 Å². The normalized spacial score (nSPS) is 22.7. The maximum absolute atomic E-state index is 13.6. The van der Waals surface area contributed by atoms with Gasteiger partial charge in [0.05, 0.1) is 17.7 Å². The van der Waals surface area contributed by atoms with E-state index in [1.807, 2.05) is 0 Å². The van der Waals surface area contributed by atoms with Crippen LogP contribution < -0.4 is 0 Å². The SMILES string of the molecule is O=C(C=Cc1ccc(Cl)c(F)c1)N1CCC(=O)N(CCCCN2CC(O)CCC2CO)CC1. The number of β-amino-alcohol motifs (C(OH)–C–C–N with tert-alkyl or cyclic N) is 1. The molecule has 9 heteroatoms. The van der Waals surface area contributed by atoms with Gasteiger partial charge in [-0.2, -0.15) is 0 Å². The molecule has 0 aliphatic carbocycles. The van der Waals surface area contributed by atoms with Crippen LogP contribution in [-0.2, 0) is 9.59 Å². The second kappa shape index (κ2) is 12.5. The van der Waals surface area contributed by atoms with Crippen LogP contribution in [0.3, 0.4) is 0 Å². The highest BCUT2D eigenvalue weighted by Crippen LogP contribution is 2.18. The Balaban J connectivity index is 1.43. The van der Waals surface area contributed by atoms with Gasteiger partial charge < -0.3 is 20.0 Å². The van der Waals surface area contributed by atoms with Crippen molar-refractivity contribution in [3.63, 3.8) is 0 Å². The van der Waals surface area contributed by atoms with Crippen LogP contribution in [0.5, 0.6) is 0 Å². The Kier molecular flexibility index (Phi) is 9.67. The second-order valence-electron chi connectivity index (χ2n) is 8.73. The fourth-order valence-corrected chi connectivity index (χ4v) is 4.51. The van der Waals surface area contributed by atoms with Gasteiger partial charge in [-0.15, -0.1) is 0 Å². The van der Waals surface area contributed by atoms with E-state index < -0.39 is 5.82 Å². The smallest absolute Gasteiger partial charge is 0.246 e. The summed E-state index contributed by atoms with van der Waals surface area (Å²) in [6.07, 6.45) is 6.11. The maximum Gasteiger partial charge on any atom is 0.246 e. The molecule has 2 N–H and O–H groups in total. The molecule has 1 aromatic carbocycles. The van der Waals surface area contributed by atoms with Gasteiger partial charge in [-0.3, -0.25) is 14.5 Å². The summed E-state index contributed by atoms with van der Waals surface area (Å²) in [6.45, 7) is 3.39. The van der Waals surface area contributed by atoms with Crippen LogP contribution in [0.25, 0.3) is 6.08 Å². The van der Waals surface area contributed by atoms with Crippen molar-refractivity contribution < 1.29 is 24.2 Å². The number of amides is 2. The monoisotopic (exact) mass is 481 g/mol. The zero-order valence-corrected chi connectivity index (χ0v) is 19.6. The second-order valence-corrected chi connectivity index (χ2v) is 9.14. The van der Waals surface area contributed by atoms with Crippen molar-refractivity contribution in [2.75, 3.05) is 45.9 Å². The molecule has 2 atom stereocenters. The van der Waals surface area contributed by atoms with Gasteiger partial charge >= 0.3 is 0 Å². The molecular formula is C24H33ClFN3O4. The minimum atomic E-state index is -0.536. The third-order valence-electron chi connectivity index (χ3n) is 6.39. The minimum Gasteiger partial charge on any atom is -0.395 e. The standard InChI is InChI=1S/C24H33ClFN3O4/c25-21-7-3-18(15-22(21)26)4-8-23(32)28-12-9-24(33)27(13-14-28)10-1-2-11-29-16-20(31)6-5-19(29)17-30/h3-4,7-8,15,19-20,30-31H,1-2,5-6,9-14,16-17H2. The van der Waals surface area contributed by atoms with Gasteiger partial charge in [0.15, 0.2) is 0 Å². The van der Waals surface area contributed by atoms with Crippen molar-refractivity contribution >= 4 is 29.5 Å². The van der Waals surface area contributed by atoms with E-state index in [-0.39, 0.29) is 42.0 Å². The van der Waals surface area contributed by atoms with Gasteiger partial charge in [0.1, 0.15) is 5.82 Å². The van der Waals surface area contributed by atoms with Crippen LogP contribution >= 0.6 is 11.6 Å². The summed E-state index contributed by atoms with van der Waals surface area (Å²) in [5.74, 6) is -0.708. The average Bonchev–Trinajstić information content (AvgIpc) is 2.99. The number of benzene rings is 1. The van der Waals surface area contributed by atoms with E-state index in [9.17, 15) is 24.2 Å². The first-order chi connectivity index (χ1) is 15.9. The van der Waals surface area contributed by atoms with Crippen molar-refractivity contribution in [3.8, 4) is 0 Å². The molecule has 2 fully saturated rings. The third kappa shape index (κ3) is 7.50. The number of hydrogen-bond donors (Lipinski definition) is 2. The number of likely N-dealkylation sites (tertiary alicyclic amines) is 1. The van der Waals surface area contributed by atoms with Crippen LogP contribution in [0.15, 0.2) is 24.3 Å². The summed E-state index contributed by atoms with van der Waals surface area (Å²) in [5.41, 5.74) is 0.544. The summed E-state index contributed by atoms with van der Waals surface area (Å²) >= 11 is 5.68. The average molecular weight is 482 g/mol. The fraction of sp³-hybridized carbons (Fsp3) is 0.583. The van der Waals surface area contributed by atoms with Crippen LogP contribution in [0.1, 0.15) is 37.7 Å². The number of rotatable bonds is 8. The Morgan fingerprint density at radius 3 is 2.73 bits per heavy atom. The fourth-order valence-electron chi connectivity index (χ4n) is 4.39. The molecule has 0 radical (unpaired) electrons. The highest BCUT2D eigenvalue weighted by Gasteiger charge is 2.26. The molecule has 2 amide bonds. The molecule has 2 aliphatic heterocycles. The third-order valence-corrected chi connectivity index (χ3v) is 6.70. The molecule has 182 valence electrons. The number of nitrogens with zero attached hydrogens (tertiary/aromatic N) is 3. The van der Waals surface area contributed by atoms with Crippen LogP contribution in [0.2, 0.25) is 5.02 Å². The molecule has 2 aliphatic rings. The molecule has 0 saturated carbocycles. The zero-order valence-electron chi connectivity index (χ0n) is 18.8. The molecule has 7 nitrogen and oxygen atoms in total. The van der Waals surface area contributed by atoms with E-state index >= 15 is 0 Å². The Labute approximate surface area is 199 Å². The van der Waals surface area contributed by atoms with E-state index in [2.05, 4.69) is 4.90 Å². The van der Waals surface area contributed by atoms with Crippen molar-refractivity contribution in [1.82, 2.24) is 14.7 Å². The van der Waals surface area contributed by atoms with Crippen LogP contribution in [0, 0.1) is 5.82 Å². The summed E-state index contributed by atoms with van der Waals surface area (Å²) in [7, 11) is 0. The highest BCUT2D eigenvalue weighted by atomic mass is 35.5. The summed E-state index contributed by atoms with van der Waals surface area (Å²) < 4.78 is 13.6. The first-order valence-corrected chi connectivity index (χ1v) is 12.0. The summed E-state index contributed by atoms with van der Waals surface area (Å²) in [5, 5.41) is 19.4. The number of carbonyl (C=O) groups excluding carboxylic acids is 2. The zero-order chi connectivity index (χ0) is 23.8. The summed E-state index contributed by atoms with van der Waals surface area (Å²) in [4.78, 5) is 30.6. The Morgan fingerprint density at radius 2 is 1.97 bits per heavy atom. The molecule has 1 aromatic rings. The first-order valence-electron chi connectivity index (χ1n) is 11.6. The lowest BCUT2D eigenvalue weighted by atomic mass is 10.0. The number of piperidine rings is 1. The van der Waals surface area contributed by atoms with Gasteiger partial charge in [-0.1, -0.05) is 17.7 Å². The van der Waals surface area contributed by atoms with Crippen LogP contribution in [-0.4, -0.2) is 94.7 Å². The molecule has 3 rings (SSSR count). The lowest BCUT2D eigenvalue weighted by Crippen LogP contribution is -2.47. The number of aliphatic hydroxyl groups excluding tert-OH is 2. The number of halogens is 2. The van der Waals surface area contributed by atoms with E-state index in [0.29, 0.717) is 38.3 Å². The molecule has 0 bridgehead atoms. The molecule has 0 aromatic heterocycles. The Hall–Kier alpha value is -2.00. The van der Waals surface area contributed by atoms with Crippen LogP contribution in [0.4, 0.5) is 4.39 Å². The number of aliphatic hydroxyl groups is 2. The number of hydrogen-bond acceptors (Lipinski definition) is 5. The molecule has 2 saturated heterocycles. The molecule has 2 unspecified atom stereocenters. The van der Waals surface area contributed by atoms with Gasteiger partial charge in [0.2, 0.25) is 11.8 Å². The largest absolute Gasteiger partial charge is 0.395 e.